The summed E-state index contributed by atoms with van der Waals surface area (Å²) < 4.78 is 23.6. The zero-order valence-electron chi connectivity index (χ0n) is 18.7. The largest absolute Gasteiger partial charge is 0.493 e. The van der Waals surface area contributed by atoms with E-state index >= 15 is 0 Å². The van der Waals surface area contributed by atoms with Crippen LogP contribution < -0.4 is 20.1 Å². The zero-order valence-corrected chi connectivity index (χ0v) is 18.7. The van der Waals surface area contributed by atoms with Gasteiger partial charge in [0.1, 0.15) is 5.82 Å². The highest BCUT2D eigenvalue weighted by Crippen LogP contribution is 2.27. The SMILES string of the molecule is COc1ccc(CCNC(=O)c2ccccc2NC(=O)CCc2ccc(F)cc2)cc1OC. The number of amides is 2. The molecule has 0 atom stereocenters. The molecule has 0 bridgehead atoms. The molecule has 0 radical (unpaired) electrons. The third-order valence-electron chi connectivity index (χ3n) is 5.15. The van der Waals surface area contributed by atoms with E-state index in [-0.39, 0.29) is 24.1 Å². The van der Waals surface area contributed by atoms with Gasteiger partial charge in [0.05, 0.1) is 25.5 Å². The third-order valence-corrected chi connectivity index (χ3v) is 5.15. The smallest absolute Gasteiger partial charge is 0.253 e. The first kappa shape index (κ1) is 23.8. The molecule has 0 saturated heterocycles. The Bertz CT molecular complexity index is 1100. The zero-order chi connectivity index (χ0) is 23.6. The van der Waals surface area contributed by atoms with E-state index in [1.807, 2.05) is 18.2 Å². The first-order chi connectivity index (χ1) is 16.0. The fourth-order valence-corrected chi connectivity index (χ4v) is 3.36. The molecule has 7 heteroatoms. The van der Waals surface area contributed by atoms with Crippen molar-refractivity contribution in [2.45, 2.75) is 19.3 Å². The van der Waals surface area contributed by atoms with Crippen LogP contribution in [-0.4, -0.2) is 32.6 Å². The van der Waals surface area contributed by atoms with Gasteiger partial charge in [-0.25, -0.2) is 4.39 Å². The molecule has 0 saturated carbocycles. The van der Waals surface area contributed by atoms with E-state index in [4.69, 9.17) is 9.47 Å². The lowest BCUT2D eigenvalue weighted by atomic mass is 10.1. The average Bonchev–Trinajstić information content (AvgIpc) is 2.83. The van der Waals surface area contributed by atoms with Crippen molar-refractivity contribution in [2.24, 2.45) is 0 Å². The third kappa shape index (κ3) is 6.80. The molecule has 33 heavy (non-hydrogen) atoms. The molecule has 0 spiro atoms. The molecule has 2 amide bonds. The Labute approximate surface area is 192 Å². The second kappa shape index (κ2) is 11.7. The summed E-state index contributed by atoms with van der Waals surface area (Å²) in [5, 5.41) is 5.70. The summed E-state index contributed by atoms with van der Waals surface area (Å²) in [5.41, 5.74) is 2.70. The molecule has 3 aromatic carbocycles. The van der Waals surface area contributed by atoms with Crippen molar-refractivity contribution in [1.82, 2.24) is 5.32 Å². The number of ether oxygens (including phenoxy) is 2. The monoisotopic (exact) mass is 450 g/mol. The fourth-order valence-electron chi connectivity index (χ4n) is 3.36. The number of aryl methyl sites for hydroxylation is 1. The number of nitrogens with one attached hydrogen (secondary N) is 2. The molecule has 0 heterocycles. The minimum Gasteiger partial charge on any atom is -0.493 e. The van der Waals surface area contributed by atoms with Crippen LogP contribution in [0.15, 0.2) is 66.7 Å². The second-order valence-corrected chi connectivity index (χ2v) is 7.42. The highest BCUT2D eigenvalue weighted by molar-refractivity contribution is 6.03. The van der Waals surface area contributed by atoms with Gasteiger partial charge in [-0.15, -0.1) is 0 Å². The van der Waals surface area contributed by atoms with Crippen molar-refractivity contribution in [2.75, 3.05) is 26.1 Å². The number of carbonyl (C=O) groups excluding carboxylic acids is 2. The maximum absolute atomic E-state index is 13.0. The lowest BCUT2D eigenvalue weighted by molar-refractivity contribution is -0.116. The molecule has 0 unspecified atom stereocenters. The molecule has 0 aliphatic heterocycles. The highest BCUT2D eigenvalue weighted by atomic mass is 19.1. The summed E-state index contributed by atoms with van der Waals surface area (Å²) >= 11 is 0. The van der Waals surface area contributed by atoms with E-state index in [1.165, 1.54) is 12.1 Å². The number of benzene rings is 3. The van der Waals surface area contributed by atoms with Gasteiger partial charge in [-0.1, -0.05) is 30.3 Å². The van der Waals surface area contributed by atoms with E-state index in [2.05, 4.69) is 10.6 Å². The number of hydrogen-bond donors (Lipinski definition) is 2. The molecular weight excluding hydrogens is 423 g/mol. The Morgan fingerprint density at radius 2 is 1.55 bits per heavy atom. The highest BCUT2D eigenvalue weighted by Gasteiger charge is 2.13. The number of hydrogen-bond acceptors (Lipinski definition) is 4. The molecule has 3 aromatic rings. The molecule has 0 fully saturated rings. The van der Waals surface area contributed by atoms with Crippen LogP contribution in [0.25, 0.3) is 0 Å². The lowest BCUT2D eigenvalue weighted by Gasteiger charge is -2.12. The van der Waals surface area contributed by atoms with Crippen LogP contribution in [-0.2, 0) is 17.6 Å². The van der Waals surface area contributed by atoms with Crippen LogP contribution in [0.5, 0.6) is 11.5 Å². The number of rotatable bonds is 10. The first-order valence-electron chi connectivity index (χ1n) is 10.6. The van der Waals surface area contributed by atoms with E-state index < -0.39 is 0 Å². The molecule has 0 aliphatic carbocycles. The summed E-state index contributed by atoms with van der Waals surface area (Å²) in [5.74, 6) is 0.480. The summed E-state index contributed by atoms with van der Waals surface area (Å²) in [7, 11) is 3.16. The van der Waals surface area contributed by atoms with Crippen molar-refractivity contribution < 1.29 is 23.5 Å². The minimum absolute atomic E-state index is 0.218. The lowest BCUT2D eigenvalue weighted by Crippen LogP contribution is -2.27. The van der Waals surface area contributed by atoms with Crippen molar-refractivity contribution >= 4 is 17.5 Å². The van der Waals surface area contributed by atoms with Gasteiger partial charge in [0.25, 0.3) is 5.91 Å². The normalized spacial score (nSPS) is 10.4. The molecule has 172 valence electrons. The first-order valence-corrected chi connectivity index (χ1v) is 10.6. The van der Waals surface area contributed by atoms with Gasteiger partial charge >= 0.3 is 0 Å². The summed E-state index contributed by atoms with van der Waals surface area (Å²) in [6, 6.07) is 18.5. The molecule has 6 nitrogen and oxygen atoms in total. The molecule has 0 aromatic heterocycles. The number of anilines is 1. The predicted molar refractivity (Wildman–Crippen MR) is 125 cm³/mol. The molecule has 2 N–H and O–H groups in total. The standard InChI is InChI=1S/C26H27FN2O4/c1-32-23-13-9-19(17-24(23)33-2)15-16-28-26(31)21-5-3-4-6-22(21)29-25(30)14-10-18-7-11-20(27)12-8-18/h3-9,11-13,17H,10,14-16H2,1-2H3,(H,28,31)(H,29,30). The van der Waals surface area contributed by atoms with Crippen LogP contribution in [0.1, 0.15) is 27.9 Å². The Morgan fingerprint density at radius 1 is 0.848 bits per heavy atom. The van der Waals surface area contributed by atoms with Crippen LogP contribution in [0.3, 0.4) is 0 Å². The van der Waals surface area contributed by atoms with E-state index in [0.717, 1.165) is 11.1 Å². The summed E-state index contributed by atoms with van der Waals surface area (Å²) in [4.78, 5) is 25.1. The van der Waals surface area contributed by atoms with Gasteiger partial charge in [-0.2, -0.15) is 0 Å². The minimum atomic E-state index is -0.311. The Hall–Kier alpha value is -3.87. The van der Waals surface area contributed by atoms with Crippen molar-refractivity contribution in [3.63, 3.8) is 0 Å². The van der Waals surface area contributed by atoms with Crippen LogP contribution in [0, 0.1) is 5.82 Å². The summed E-state index contributed by atoms with van der Waals surface area (Å²) in [6.45, 7) is 0.418. The van der Waals surface area contributed by atoms with E-state index in [1.54, 1.807) is 50.6 Å². The number of para-hydroxylation sites is 1. The average molecular weight is 451 g/mol. The maximum atomic E-state index is 13.0. The second-order valence-electron chi connectivity index (χ2n) is 7.42. The van der Waals surface area contributed by atoms with E-state index in [0.29, 0.717) is 42.1 Å². The van der Waals surface area contributed by atoms with Crippen molar-refractivity contribution in [3.05, 3.63) is 89.2 Å². The van der Waals surface area contributed by atoms with Gasteiger partial charge in [-0.05, 0) is 60.4 Å². The van der Waals surface area contributed by atoms with Gasteiger partial charge in [-0.3, -0.25) is 9.59 Å². The van der Waals surface area contributed by atoms with Gasteiger partial charge in [0.2, 0.25) is 5.91 Å². The fraction of sp³-hybridized carbons (Fsp3) is 0.231. The summed E-state index contributed by atoms with van der Waals surface area (Å²) in [6.07, 6.45) is 1.31. The Morgan fingerprint density at radius 3 is 2.27 bits per heavy atom. The Kier molecular flexibility index (Phi) is 8.41. The van der Waals surface area contributed by atoms with Gasteiger partial charge in [0.15, 0.2) is 11.5 Å². The van der Waals surface area contributed by atoms with Gasteiger partial charge < -0.3 is 20.1 Å². The predicted octanol–water partition coefficient (Wildman–Crippen LogP) is 4.39. The van der Waals surface area contributed by atoms with Crippen LogP contribution in [0.2, 0.25) is 0 Å². The number of methoxy groups -OCH3 is 2. The molecule has 0 aliphatic rings. The maximum Gasteiger partial charge on any atom is 0.253 e. The van der Waals surface area contributed by atoms with Crippen molar-refractivity contribution in [3.8, 4) is 11.5 Å². The van der Waals surface area contributed by atoms with Crippen molar-refractivity contribution in [1.29, 1.82) is 0 Å². The quantitative estimate of drug-likeness (QED) is 0.480. The van der Waals surface area contributed by atoms with Crippen LogP contribution >= 0.6 is 0 Å². The van der Waals surface area contributed by atoms with Gasteiger partial charge in [0, 0.05) is 13.0 Å². The van der Waals surface area contributed by atoms with E-state index in [9.17, 15) is 14.0 Å². The number of halogens is 1. The molecule has 3 rings (SSSR count). The topological polar surface area (TPSA) is 76.7 Å². The Balaban J connectivity index is 1.55. The molecular formula is C26H27FN2O4. The number of carbonyl (C=O) groups is 2. The van der Waals surface area contributed by atoms with Crippen LogP contribution in [0.4, 0.5) is 10.1 Å².